The van der Waals surface area contributed by atoms with Crippen LogP contribution in [0.2, 0.25) is 0 Å². The molecule has 0 saturated carbocycles. The largest absolute Gasteiger partial charge is 0.340 e. The van der Waals surface area contributed by atoms with Gasteiger partial charge in [0.25, 0.3) is 5.91 Å². The van der Waals surface area contributed by atoms with Crippen molar-refractivity contribution in [2.75, 3.05) is 45.8 Å². The van der Waals surface area contributed by atoms with Crippen molar-refractivity contribution in [3.63, 3.8) is 0 Å². The number of hydrogen-bond acceptors (Lipinski definition) is 4. The molecule has 2 aliphatic heterocycles. The van der Waals surface area contributed by atoms with Crippen LogP contribution >= 0.6 is 11.3 Å². The molecule has 28 heavy (non-hydrogen) atoms. The van der Waals surface area contributed by atoms with Crippen LogP contribution in [0, 0.1) is 5.92 Å². The molecule has 0 N–H and O–H groups in total. The monoisotopic (exact) mass is 399 g/mol. The Bertz CT molecular complexity index is 833. The van der Waals surface area contributed by atoms with Crippen molar-refractivity contribution >= 4 is 33.2 Å². The first-order valence-corrected chi connectivity index (χ1v) is 11.3. The van der Waals surface area contributed by atoms with Gasteiger partial charge < -0.3 is 14.7 Å². The lowest BCUT2D eigenvalue weighted by molar-refractivity contribution is -0.134. The Hall–Kier alpha value is -1.92. The van der Waals surface area contributed by atoms with E-state index in [0.29, 0.717) is 18.2 Å². The van der Waals surface area contributed by atoms with Crippen LogP contribution in [0.1, 0.15) is 36.5 Å². The summed E-state index contributed by atoms with van der Waals surface area (Å²) < 4.78 is 1.16. The molecule has 2 aliphatic rings. The molecule has 1 aromatic heterocycles. The third-order valence-electron chi connectivity index (χ3n) is 6.25. The lowest BCUT2D eigenvalue weighted by atomic mass is 9.92. The van der Waals surface area contributed by atoms with Gasteiger partial charge in [-0.25, -0.2) is 0 Å². The average Bonchev–Trinajstić information content (AvgIpc) is 3.18. The standard InChI is InChI=1S/C22H29N3O2S/c1-2-23-11-13-24(14-12-23)21(26)15-17-7-9-25(10-8-17)22(27)19-16-28-20-6-4-3-5-18(19)20/h3-6,16-17H,2,7-15H2,1H3. The summed E-state index contributed by atoms with van der Waals surface area (Å²) in [4.78, 5) is 32.0. The number of fused-ring (bicyclic) bond motifs is 1. The Morgan fingerprint density at radius 3 is 2.43 bits per heavy atom. The predicted molar refractivity (Wildman–Crippen MR) is 114 cm³/mol. The van der Waals surface area contributed by atoms with E-state index in [1.807, 2.05) is 33.4 Å². The molecule has 3 heterocycles. The summed E-state index contributed by atoms with van der Waals surface area (Å²) in [5.74, 6) is 0.835. The first kappa shape index (κ1) is 19.4. The number of likely N-dealkylation sites (tertiary alicyclic amines) is 1. The number of likely N-dealkylation sites (N-methyl/N-ethyl adjacent to an activating group) is 1. The highest BCUT2D eigenvalue weighted by molar-refractivity contribution is 7.17. The van der Waals surface area contributed by atoms with Crippen LogP contribution in [-0.2, 0) is 4.79 Å². The quantitative estimate of drug-likeness (QED) is 0.792. The molecule has 150 valence electrons. The zero-order chi connectivity index (χ0) is 19.5. The normalized spacial score (nSPS) is 19.3. The maximum atomic E-state index is 13.0. The number of nitrogens with zero attached hydrogens (tertiary/aromatic N) is 3. The van der Waals surface area contributed by atoms with Gasteiger partial charge in [-0.3, -0.25) is 9.59 Å². The van der Waals surface area contributed by atoms with Crippen molar-refractivity contribution in [1.82, 2.24) is 14.7 Å². The van der Waals surface area contributed by atoms with Gasteiger partial charge >= 0.3 is 0 Å². The second kappa shape index (κ2) is 8.62. The number of piperidine rings is 1. The molecular weight excluding hydrogens is 370 g/mol. The lowest BCUT2D eigenvalue weighted by Gasteiger charge is -2.36. The molecule has 5 nitrogen and oxygen atoms in total. The van der Waals surface area contributed by atoms with Crippen LogP contribution in [-0.4, -0.2) is 72.3 Å². The van der Waals surface area contributed by atoms with E-state index in [9.17, 15) is 9.59 Å². The minimum Gasteiger partial charge on any atom is -0.340 e. The Morgan fingerprint density at radius 2 is 1.71 bits per heavy atom. The smallest absolute Gasteiger partial charge is 0.255 e. The predicted octanol–water partition coefficient (Wildman–Crippen LogP) is 3.31. The highest BCUT2D eigenvalue weighted by Crippen LogP contribution is 2.29. The van der Waals surface area contributed by atoms with E-state index in [4.69, 9.17) is 0 Å². The van der Waals surface area contributed by atoms with Gasteiger partial charge in [-0.05, 0) is 31.4 Å². The molecule has 2 amide bonds. The van der Waals surface area contributed by atoms with Crippen LogP contribution in [0.25, 0.3) is 10.1 Å². The SMILES string of the molecule is CCN1CCN(C(=O)CC2CCN(C(=O)c3csc4ccccc34)CC2)CC1. The number of amides is 2. The van der Waals surface area contributed by atoms with Gasteiger partial charge in [0.05, 0.1) is 5.56 Å². The summed E-state index contributed by atoms with van der Waals surface area (Å²) in [6.45, 7) is 8.44. The van der Waals surface area contributed by atoms with Crippen molar-refractivity contribution in [3.05, 3.63) is 35.2 Å². The fraction of sp³-hybridized carbons (Fsp3) is 0.545. The van der Waals surface area contributed by atoms with Crippen LogP contribution in [0.4, 0.5) is 0 Å². The summed E-state index contributed by atoms with van der Waals surface area (Å²) >= 11 is 1.63. The minimum atomic E-state index is 0.137. The summed E-state index contributed by atoms with van der Waals surface area (Å²) in [6, 6.07) is 8.10. The number of benzene rings is 1. The van der Waals surface area contributed by atoms with Crippen molar-refractivity contribution in [2.24, 2.45) is 5.92 Å². The number of piperazine rings is 1. The maximum Gasteiger partial charge on any atom is 0.255 e. The summed E-state index contributed by atoms with van der Waals surface area (Å²) in [5, 5.41) is 3.04. The lowest BCUT2D eigenvalue weighted by Crippen LogP contribution is -2.49. The Balaban J connectivity index is 1.29. The van der Waals surface area contributed by atoms with E-state index in [2.05, 4.69) is 17.9 Å². The molecule has 2 aromatic rings. The Morgan fingerprint density at radius 1 is 1.00 bits per heavy atom. The second-order valence-electron chi connectivity index (χ2n) is 7.90. The molecule has 2 saturated heterocycles. The van der Waals surface area contributed by atoms with Gasteiger partial charge in [0.1, 0.15) is 0 Å². The molecule has 0 aliphatic carbocycles. The topological polar surface area (TPSA) is 43.9 Å². The summed E-state index contributed by atoms with van der Waals surface area (Å²) in [7, 11) is 0. The molecule has 0 spiro atoms. The number of hydrogen-bond donors (Lipinski definition) is 0. The van der Waals surface area contributed by atoms with E-state index in [-0.39, 0.29) is 5.91 Å². The van der Waals surface area contributed by atoms with E-state index in [1.54, 1.807) is 11.3 Å². The molecule has 0 radical (unpaired) electrons. The van der Waals surface area contributed by atoms with E-state index in [0.717, 1.165) is 74.3 Å². The van der Waals surface area contributed by atoms with E-state index < -0.39 is 0 Å². The zero-order valence-electron chi connectivity index (χ0n) is 16.6. The highest BCUT2D eigenvalue weighted by atomic mass is 32.1. The van der Waals surface area contributed by atoms with Crippen molar-refractivity contribution < 1.29 is 9.59 Å². The number of rotatable bonds is 4. The van der Waals surface area contributed by atoms with Gasteiger partial charge in [0, 0.05) is 61.2 Å². The van der Waals surface area contributed by atoms with Gasteiger partial charge in [-0.2, -0.15) is 0 Å². The molecule has 4 rings (SSSR count). The first-order valence-electron chi connectivity index (χ1n) is 10.4. The van der Waals surface area contributed by atoms with Crippen molar-refractivity contribution in [2.45, 2.75) is 26.2 Å². The second-order valence-corrected chi connectivity index (χ2v) is 8.81. The number of carbonyl (C=O) groups is 2. The van der Waals surface area contributed by atoms with Crippen LogP contribution in [0.3, 0.4) is 0 Å². The van der Waals surface area contributed by atoms with E-state index >= 15 is 0 Å². The third-order valence-corrected chi connectivity index (χ3v) is 7.21. The molecule has 6 heteroatoms. The molecular formula is C22H29N3O2S. The molecule has 0 unspecified atom stereocenters. The summed E-state index contributed by atoms with van der Waals surface area (Å²) in [5.41, 5.74) is 0.823. The van der Waals surface area contributed by atoms with Crippen molar-refractivity contribution in [3.8, 4) is 0 Å². The maximum absolute atomic E-state index is 13.0. The number of carbonyl (C=O) groups excluding carboxylic acids is 2. The highest BCUT2D eigenvalue weighted by Gasteiger charge is 2.28. The van der Waals surface area contributed by atoms with Gasteiger partial charge in [-0.1, -0.05) is 25.1 Å². The van der Waals surface area contributed by atoms with Crippen LogP contribution in [0.15, 0.2) is 29.6 Å². The molecule has 1 aromatic carbocycles. The molecule has 0 bridgehead atoms. The van der Waals surface area contributed by atoms with Crippen LogP contribution in [0.5, 0.6) is 0 Å². The van der Waals surface area contributed by atoms with Gasteiger partial charge in [-0.15, -0.1) is 11.3 Å². The summed E-state index contributed by atoms with van der Waals surface area (Å²) in [6.07, 6.45) is 2.48. The third kappa shape index (κ3) is 4.08. The van der Waals surface area contributed by atoms with Gasteiger partial charge in [0.15, 0.2) is 0 Å². The molecule has 2 fully saturated rings. The fourth-order valence-corrected chi connectivity index (χ4v) is 5.28. The van der Waals surface area contributed by atoms with Gasteiger partial charge in [0.2, 0.25) is 5.91 Å². The van der Waals surface area contributed by atoms with Crippen molar-refractivity contribution in [1.29, 1.82) is 0 Å². The first-order chi connectivity index (χ1) is 13.7. The zero-order valence-corrected chi connectivity index (χ0v) is 17.4. The number of thiophene rings is 1. The van der Waals surface area contributed by atoms with E-state index in [1.165, 1.54) is 0 Å². The fourth-order valence-electron chi connectivity index (χ4n) is 4.34. The molecule has 0 atom stereocenters. The average molecular weight is 400 g/mol. The Labute approximate surface area is 170 Å². The minimum absolute atomic E-state index is 0.137. The van der Waals surface area contributed by atoms with Crippen LogP contribution < -0.4 is 0 Å². The Kier molecular flexibility index (Phi) is 5.97.